The van der Waals surface area contributed by atoms with E-state index in [0.717, 1.165) is 0 Å². The molecule has 126 valence electrons. The number of halogens is 6. The predicted molar refractivity (Wildman–Crippen MR) is 58.4 cm³/mol. The van der Waals surface area contributed by atoms with Gasteiger partial charge in [0.1, 0.15) is 5.69 Å². The molecule has 1 rings (SSSR count). The number of nitrogens with one attached hydrogen (secondary N) is 1. The van der Waals surface area contributed by atoms with Crippen LogP contribution in [-0.4, -0.2) is 23.9 Å². The van der Waals surface area contributed by atoms with E-state index >= 15 is 0 Å². The van der Waals surface area contributed by atoms with Gasteiger partial charge in [0.15, 0.2) is 5.69 Å². The monoisotopic (exact) mass is 376 g/mol. The lowest BCUT2D eigenvalue weighted by molar-refractivity contribution is -0.0429. The number of hydrogen-bond acceptors (Lipinski definition) is 7. The van der Waals surface area contributed by atoms with Crippen molar-refractivity contribution >= 4 is 31.4 Å². The molecule has 0 aliphatic carbocycles. The summed E-state index contributed by atoms with van der Waals surface area (Å²) in [5.74, 6) is -4.14. The highest BCUT2D eigenvalue weighted by atomic mass is 32.2. The zero-order valence-corrected chi connectivity index (χ0v) is 11.2. The quantitative estimate of drug-likeness (QED) is 0.596. The lowest BCUT2D eigenvalue weighted by Gasteiger charge is -2.13. The molecule has 0 heterocycles. The molecule has 0 saturated heterocycles. The van der Waals surface area contributed by atoms with Crippen LogP contribution in [0.5, 0.6) is 0 Å². The average Bonchev–Trinajstić information content (AvgIpc) is 2.40. The summed E-state index contributed by atoms with van der Waals surface area (Å²) in [7, 11) is -11.7. The van der Waals surface area contributed by atoms with Gasteiger partial charge in [-0.3, -0.25) is 14.3 Å². The molecule has 0 spiro atoms. The van der Waals surface area contributed by atoms with Gasteiger partial charge in [-0.1, -0.05) is 4.39 Å². The molecule has 22 heavy (non-hydrogen) atoms. The van der Waals surface area contributed by atoms with Gasteiger partial charge in [0.25, 0.3) is 20.9 Å². The molecule has 1 unspecified atom stereocenters. The van der Waals surface area contributed by atoms with E-state index in [4.69, 9.17) is 0 Å². The molecule has 0 fully saturated rings. The van der Waals surface area contributed by atoms with Crippen LogP contribution in [-0.2, 0) is 24.4 Å². The van der Waals surface area contributed by atoms with E-state index in [9.17, 15) is 48.7 Å². The number of anilines is 1. The second-order valence-electron chi connectivity index (χ2n) is 3.36. The normalized spacial score (nSPS) is 15.8. The second-order valence-corrected chi connectivity index (χ2v) is 6.73. The maximum Gasteiger partial charge on any atom is 0.516 e. The SMILES string of the molecule is O=c1c(N=S(=O)(OF)C(F)F)c(NS(=O)(=O)C(F)(F)F)c1=O. The minimum absolute atomic E-state index is 0.563. The summed E-state index contributed by atoms with van der Waals surface area (Å²) in [5, 5.41) is 0. The second kappa shape index (κ2) is 5.51. The number of nitrogens with zero attached hydrogens (tertiary/aromatic N) is 1. The van der Waals surface area contributed by atoms with Crippen molar-refractivity contribution < 1.29 is 43.5 Å². The van der Waals surface area contributed by atoms with Crippen LogP contribution < -0.4 is 15.6 Å². The highest BCUT2D eigenvalue weighted by molar-refractivity contribution is 7.93. The van der Waals surface area contributed by atoms with Crippen molar-refractivity contribution in [2.75, 3.05) is 4.72 Å². The molecule has 1 N–H and O–H groups in total. The summed E-state index contributed by atoms with van der Waals surface area (Å²) >= 11 is 0. The van der Waals surface area contributed by atoms with Crippen molar-refractivity contribution in [2.45, 2.75) is 11.3 Å². The van der Waals surface area contributed by atoms with Gasteiger partial charge in [-0.2, -0.15) is 34.7 Å². The third-order valence-electron chi connectivity index (χ3n) is 1.96. The molecule has 0 amide bonds. The first-order chi connectivity index (χ1) is 9.77. The van der Waals surface area contributed by atoms with E-state index in [2.05, 4.69) is 8.75 Å². The molecule has 0 aliphatic rings. The molecule has 0 aliphatic heterocycles. The van der Waals surface area contributed by atoms with Crippen molar-refractivity contribution in [1.29, 1.82) is 0 Å². The van der Waals surface area contributed by atoms with Gasteiger partial charge in [0.05, 0.1) is 0 Å². The fourth-order valence-corrected chi connectivity index (χ4v) is 2.13. The topological polar surface area (TPSA) is 119 Å². The Morgan fingerprint density at radius 3 is 1.95 bits per heavy atom. The Hall–Kier alpha value is -1.68. The molecule has 1 aromatic rings. The van der Waals surface area contributed by atoms with Gasteiger partial charge in [0.2, 0.25) is 0 Å². The fraction of sp³-hybridized carbons (Fsp3) is 0.333. The van der Waals surface area contributed by atoms with Gasteiger partial charge >= 0.3 is 21.3 Å². The van der Waals surface area contributed by atoms with Crippen LogP contribution in [0.2, 0.25) is 0 Å². The van der Waals surface area contributed by atoms with Crippen molar-refractivity contribution in [3.63, 3.8) is 0 Å². The molecular formula is C6H2F6N2O6S2. The van der Waals surface area contributed by atoms with E-state index in [-0.39, 0.29) is 0 Å². The van der Waals surface area contributed by atoms with Crippen LogP contribution in [0.25, 0.3) is 0 Å². The minimum atomic E-state index is -6.19. The maximum atomic E-state index is 12.2. The Bertz CT molecular complexity index is 872. The van der Waals surface area contributed by atoms with E-state index in [0.29, 0.717) is 4.72 Å². The standard InChI is InChI=1S/C6H2F6N2O6S2/c7-5(8)21(17,20-12)13-1-2(4(16)3(1)15)14-22(18,19)6(9,10)11/h5,14H. The first-order valence-electron chi connectivity index (χ1n) is 4.53. The first kappa shape index (κ1) is 18.4. The smallest absolute Gasteiger partial charge is 0.283 e. The van der Waals surface area contributed by atoms with Crippen molar-refractivity contribution in [3.05, 3.63) is 20.4 Å². The molecule has 1 aromatic carbocycles. The first-order valence-corrected chi connectivity index (χ1v) is 7.52. The molecule has 0 radical (unpaired) electrons. The molecule has 0 saturated carbocycles. The maximum absolute atomic E-state index is 12.2. The molecule has 0 bridgehead atoms. The van der Waals surface area contributed by atoms with E-state index in [1.165, 1.54) is 0 Å². The Labute approximate surface area is 116 Å². The van der Waals surface area contributed by atoms with Crippen LogP contribution in [0.3, 0.4) is 0 Å². The Kier molecular flexibility index (Phi) is 4.60. The van der Waals surface area contributed by atoms with Crippen molar-refractivity contribution in [1.82, 2.24) is 0 Å². The van der Waals surface area contributed by atoms with Gasteiger partial charge in [-0.25, -0.2) is 4.21 Å². The Balaban J connectivity index is 3.45. The largest absolute Gasteiger partial charge is 0.516 e. The zero-order chi connectivity index (χ0) is 17.5. The Morgan fingerprint density at radius 1 is 1.09 bits per heavy atom. The van der Waals surface area contributed by atoms with E-state index in [1.54, 1.807) is 0 Å². The average molecular weight is 376 g/mol. The van der Waals surface area contributed by atoms with Gasteiger partial charge < -0.3 is 0 Å². The molecule has 8 nitrogen and oxygen atoms in total. The number of alkyl halides is 5. The lowest BCUT2D eigenvalue weighted by Crippen LogP contribution is -2.39. The highest BCUT2D eigenvalue weighted by Crippen LogP contribution is 2.29. The van der Waals surface area contributed by atoms with Crippen molar-refractivity contribution in [3.8, 4) is 0 Å². The van der Waals surface area contributed by atoms with Crippen LogP contribution in [0.4, 0.5) is 37.9 Å². The predicted octanol–water partition coefficient (Wildman–Crippen LogP) is 0.682. The number of rotatable bonds is 5. The molecule has 1 atom stereocenters. The molecule has 0 aromatic heterocycles. The third kappa shape index (κ3) is 3.07. The van der Waals surface area contributed by atoms with Crippen LogP contribution in [0.15, 0.2) is 14.0 Å². The zero-order valence-electron chi connectivity index (χ0n) is 9.56. The third-order valence-corrected chi connectivity index (χ3v) is 4.11. The lowest BCUT2D eigenvalue weighted by atomic mass is 10.2. The summed E-state index contributed by atoms with van der Waals surface area (Å²) in [4.78, 5) is 21.9. The summed E-state index contributed by atoms with van der Waals surface area (Å²) in [6.07, 6.45) is 0. The van der Waals surface area contributed by atoms with Crippen LogP contribution >= 0.6 is 0 Å². The van der Waals surface area contributed by atoms with Gasteiger partial charge in [0, 0.05) is 0 Å². The molecule has 16 heteroatoms. The number of hydrogen-bond donors (Lipinski definition) is 1. The van der Waals surface area contributed by atoms with Gasteiger partial charge in [-0.15, -0.1) is 0 Å². The van der Waals surface area contributed by atoms with Crippen LogP contribution in [0.1, 0.15) is 0 Å². The molecular weight excluding hydrogens is 374 g/mol. The summed E-state index contributed by atoms with van der Waals surface area (Å²) < 4.78 is 110. The van der Waals surface area contributed by atoms with E-state index < -0.39 is 53.5 Å². The van der Waals surface area contributed by atoms with Crippen LogP contribution in [0, 0.1) is 0 Å². The summed E-state index contributed by atoms with van der Waals surface area (Å²) in [6, 6.07) is 0. The number of sulfonamides is 1. The minimum Gasteiger partial charge on any atom is -0.283 e. The summed E-state index contributed by atoms with van der Waals surface area (Å²) in [5.41, 5.74) is -13.0. The fourth-order valence-electron chi connectivity index (χ4n) is 0.962. The van der Waals surface area contributed by atoms with Crippen molar-refractivity contribution in [2.24, 2.45) is 4.36 Å². The van der Waals surface area contributed by atoms with E-state index in [1.807, 2.05) is 0 Å². The highest BCUT2D eigenvalue weighted by Gasteiger charge is 2.47. The Morgan fingerprint density at radius 2 is 1.59 bits per heavy atom. The summed E-state index contributed by atoms with van der Waals surface area (Å²) in [6.45, 7) is 0. The van der Waals surface area contributed by atoms with Gasteiger partial charge in [-0.05, 0) is 4.53 Å².